The molecule has 0 fully saturated rings. The summed E-state index contributed by atoms with van der Waals surface area (Å²) in [5, 5.41) is 0. The fraction of sp³-hybridized carbons (Fsp3) is 0.0909. The van der Waals surface area contributed by atoms with Crippen LogP contribution in [0.3, 0.4) is 0 Å². The second-order valence-electron chi connectivity index (χ2n) is 2.97. The largest absolute Gasteiger partial charge is 0.327 e. The maximum absolute atomic E-state index is 6.88. The number of fused-ring (bicyclic) bond motifs is 1. The minimum Gasteiger partial charge on any atom is -0.327 e. The molecule has 0 spiro atoms. The van der Waals surface area contributed by atoms with Crippen LogP contribution in [0.5, 0.6) is 0 Å². The summed E-state index contributed by atoms with van der Waals surface area (Å²) in [5.74, 6) is 0. The van der Waals surface area contributed by atoms with Gasteiger partial charge in [-0.05, 0) is 12.1 Å². The summed E-state index contributed by atoms with van der Waals surface area (Å²) in [6.45, 7) is 11.3. The third-order valence-corrected chi connectivity index (χ3v) is 2.06. The summed E-state index contributed by atoms with van der Waals surface area (Å²) in [7, 11) is 0. The van der Waals surface area contributed by atoms with E-state index in [1.807, 2.05) is 16.7 Å². The summed E-state index contributed by atoms with van der Waals surface area (Å²) in [4.78, 5) is 7.57. The molecule has 2 aromatic rings. The first-order valence-corrected chi connectivity index (χ1v) is 4.28. The van der Waals surface area contributed by atoms with Crippen molar-refractivity contribution < 1.29 is 0 Å². The van der Waals surface area contributed by atoms with Crippen molar-refractivity contribution in [3.05, 3.63) is 48.6 Å². The zero-order valence-corrected chi connectivity index (χ0v) is 7.64. The first kappa shape index (κ1) is 8.52. The van der Waals surface area contributed by atoms with Crippen molar-refractivity contribution in [1.82, 2.24) is 9.55 Å². The molecule has 0 amide bonds. The van der Waals surface area contributed by atoms with Crippen molar-refractivity contribution in [2.24, 2.45) is 0 Å². The molecule has 14 heavy (non-hydrogen) atoms. The van der Waals surface area contributed by atoms with Gasteiger partial charge in [-0.3, -0.25) is 0 Å². The number of benzene rings is 1. The molecule has 0 radical (unpaired) electrons. The van der Waals surface area contributed by atoms with Gasteiger partial charge in [-0.2, -0.15) is 0 Å². The first-order valence-electron chi connectivity index (χ1n) is 4.28. The highest BCUT2D eigenvalue weighted by Gasteiger charge is 2.01. The molecule has 0 bridgehead atoms. The Morgan fingerprint density at radius 1 is 1.57 bits per heavy atom. The summed E-state index contributed by atoms with van der Waals surface area (Å²) in [6.07, 6.45) is 3.59. The number of imidazole rings is 1. The Kier molecular flexibility index (Phi) is 2.04. The highest BCUT2D eigenvalue weighted by molar-refractivity contribution is 5.79. The lowest BCUT2D eigenvalue weighted by molar-refractivity contribution is 0.851. The second kappa shape index (κ2) is 3.35. The standard InChI is InChI=1S/C11H9N3/c1-3-6-14-8-13-10-7-9(12-2)4-5-11(10)14/h3-5,7-8H,1,6H2. The van der Waals surface area contributed by atoms with Crippen molar-refractivity contribution in [2.45, 2.75) is 6.54 Å². The van der Waals surface area contributed by atoms with E-state index >= 15 is 0 Å². The number of nitrogens with zero attached hydrogens (tertiary/aromatic N) is 3. The topological polar surface area (TPSA) is 22.2 Å². The maximum Gasteiger partial charge on any atom is 0.189 e. The minimum atomic E-state index is 0.626. The number of aromatic nitrogens is 2. The normalized spacial score (nSPS) is 9.93. The van der Waals surface area contributed by atoms with Crippen LogP contribution in [0.15, 0.2) is 37.2 Å². The van der Waals surface area contributed by atoms with Crippen molar-refractivity contribution in [2.75, 3.05) is 0 Å². The molecule has 0 aliphatic carbocycles. The number of allylic oxidation sites excluding steroid dienone is 1. The zero-order valence-electron chi connectivity index (χ0n) is 7.64. The van der Waals surface area contributed by atoms with E-state index in [1.165, 1.54) is 0 Å². The van der Waals surface area contributed by atoms with E-state index in [0.29, 0.717) is 5.69 Å². The van der Waals surface area contributed by atoms with Gasteiger partial charge in [0, 0.05) is 6.54 Å². The smallest absolute Gasteiger partial charge is 0.189 e. The van der Waals surface area contributed by atoms with Gasteiger partial charge in [-0.15, -0.1) is 6.58 Å². The number of hydrogen-bond acceptors (Lipinski definition) is 1. The fourth-order valence-corrected chi connectivity index (χ4v) is 1.41. The third-order valence-electron chi connectivity index (χ3n) is 2.06. The second-order valence-corrected chi connectivity index (χ2v) is 2.97. The summed E-state index contributed by atoms with van der Waals surface area (Å²) < 4.78 is 2.00. The molecular weight excluding hydrogens is 174 g/mol. The van der Waals surface area contributed by atoms with E-state index in [0.717, 1.165) is 17.6 Å². The van der Waals surface area contributed by atoms with Gasteiger partial charge in [0.2, 0.25) is 0 Å². The molecule has 0 unspecified atom stereocenters. The molecule has 0 N–H and O–H groups in total. The van der Waals surface area contributed by atoms with Crippen LogP contribution in [0.1, 0.15) is 0 Å². The molecule has 0 aliphatic heterocycles. The minimum absolute atomic E-state index is 0.626. The van der Waals surface area contributed by atoms with Gasteiger partial charge in [-0.25, -0.2) is 9.83 Å². The first-order chi connectivity index (χ1) is 6.85. The van der Waals surface area contributed by atoms with Crippen molar-refractivity contribution >= 4 is 16.7 Å². The van der Waals surface area contributed by atoms with Crippen LogP contribution in [0, 0.1) is 6.57 Å². The van der Waals surface area contributed by atoms with Gasteiger partial charge in [0.05, 0.1) is 23.9 Å². The molecule has 3 nitrogen and oxygen atoms in total. The Balaban J connectivity index is 2.60. The molecule has 1 aromatic heterocycles. The van der Waals surface area contributed by atoms with E-state index < -0.39 is 0 Å². The molecule has 1 aromatic carbocycles. The molecule has 0 saturated heterocycles. The average molecular weight is 183 g/mol. The quantitative estimate of drug-likeness (QED) is 0.518. The molecule has 68 valence electrons. The van der Waals surface area contributed by atoms with Gasteiger partial charge in [0.15, 0.2) is 5.69 Å². The third kappa shape index (κ3) is 1.27. The van der Waals surface area contributed by atoms with Crippen LogP contribution >= 0.6 is 0 Å². The van der Waals surface area contributed by atoms with Gasteiger partial charge in [0.1, 0.15) is 0 Å². The van der Waals surface area contributed by atoms with Gasteiger partial charge >= 0.3 is 0 Å². The Hall–Kier alpha value is -2.08. The molecular formula is C11H9N3. The molecule has 0 atom stereocenters. The van der Waals surface area contributed by atoms with E-state index in [9.17, 15) is 0 Å². The Morgan fingerprint density at radius 3 is 3.14 bits per heavy atom. The van der Waals surface area contributed by atoms with E-state index in [1.54, 1.807) is 18.5 Å². The lowest BCUT2D eigenvalue weighted by Gasteiger charge is -1.98. The highest BCUT2D eigenvalue weighted by Crippen LogP contribution is 2.19. The van der Waals surface area contributed by atoms with E-state index in [2.05, 4.69) is 16.4 Å². The van der Waals surface area contributed by atoms with Crippen LogP contribution in [0.25, 0.3) is 15.9 Å². The van der Waals surface area contributed by atoms with E-state index in [-0.39, 0.29) is 0 Å². The predicted molar refractivity (Wildman–Crippen MR) is 56.2 cm³/mol. The van der Waals surface area contributed by atoms with Crippen molar-refractivity contribution in [3.8, 4) is 0 Å². The Morgan fingerprint density at radius 2 is 2.43 bits per heavy atom. The Labute approximate surface area is 82.1 Å². The van der Waals surface area contributed by atoms with Crippen molar-refractivity contribution in [3.63, 3.8) is 0 Å². The van der Waals surface area contributed by atoms with Gasteiger partial charge in [-0.1, -0.05) is 12.1 Å². The molecule has 1 heterocycles. The van der Waals surface area contributed by atoms with Crippen molar-refractivity contribution in [1.29, 1.82) is 0 Å². The zero-order chi connectivity index (χ0) is 9.97. The molecule has 0 saturated carbocycles. The maximum atomic E-state index is 6.88. The van der Waals surface area contributed by atoms with E-state index in [4.69, 9.17) is 6.57 Å². The molecule has 3 heteroatoms. The monoisotopic (exact) mass is 183 g/mol. The lowest BCUT2D eigenvalue weighted by atomic mass is 10.3. The van der Waals surface area contributed by atoms with Crippen LogP contribution in [0.4, 0.5) is 5.69 Å². The fourth-order valence-electron chi connectivity index (χ4n) is 1.41. The number of rotatable bonds is 2. The Bertz CT molecular complexity index is 517. The van der Waals surface area contributed by atoms with Crippen LogP contribution in [-0.2, 0) is 6.54 Å². The van der Waals surface area contributed by atoms with Crippen LogP contribution in [-0.4, -0.2) is 9.55 Å². The average Bonchev–Trinajstić information content (AvgIpc) is 2.61. The van der Waals surface area contributed by atoms with Gasteiger partial charge < -0.3 is 4.57 Å². The predicted octanol–water partition coefficient (Wildman–Crippen LogP) is 2.77. The molecule has 2 rings (SSSR count). The number of hydrogen-bond donors (Lipinski definition) is 0. The SMILES string of the molecule is [C-]#[N+]c1ccc2c(c1)ncn2CC=C. The molecule has 0 aliphatic rings. The van der Waals surface area contributed by atoms with Crippen LogP contribution in [0.2, 0.25) is 0 Å². The lowest BCUT2D eigenvalue weighted by Crippen LogP contribution is -1.90. The summed E-state index contributed by atoms with van der Waals surface area (Å²) in [6, 6.07) is 5.51. The summed E-state index contributed by atoms with van der Waals surface area (Å²) in [5.41, 5.74) is 2.53. The summed E-state index contributed by atoms with van der Waals surface area (Å²) >= 11 is 0. The van der Waals surface area contributed by atoms with Gasteiger partial charge in [0.25, 0.3) is 0 Å². The van der Waals surface area contributed by atoms with Crippen LogP contribution < -0.4 is 0 Å². The highest BCUT2D eigenvalue weighted by atomic mass is 15.0.